The number of fused-ring (bicyclic) bond motifs is 1. The van der Waals surface area contributed by atoms with Gasteiger partial charge in [0.05, 0.1) is 18.0 Å². The van der Waals surface area contributed by atoms with Gasteiger partial charge in [0.25, 0.3) is 6.47 Å². The van der Waals surface area contributed by atoms with E-state index in [0.29, 0.717) is 36.6 Å². The highest BCUT2D eigenvalue weighted by Gasteiger charge is 2.22. The summed E-state index contributed by atoms with van der Waals surface area (Å²) in [6, 6.07) is 3.74. The van der Waals surface area contributed by atoms with E-state index in [1.165, 1.54) is 0 Å². The Kier molecular flexibility index (Phi) is 3.37. The maximum Gasteiger partial charge on any atom is 0.293 e. The Morgan fingerprint density at radius 3 is 3.06 bits per heavy atom. The van der Waals surface area contributed by atoms with Crippen LogP contribution in [0.15, 0.2) is 12.1 Å². The topological polar surface area (TPSA) is 87.6 Å². The van der Waals surface area contributed by atoms with E-state index in [9.17, 15) is 4.79 Å². The number of anilines is 2. The summed E-state index contributed by atoms with van der Waals surface area (Å²) in [4.78, 5) is 10.0. The lowest BCUT2D eigenvalue weighted by atomic mass is 9.99. The number of carbonyl (C=O) groups excluding carboxylic acids is 1. The Morgan fingerprint density at radius 1 is 1.47 bits per heavy atom. The molecule has 1 atom stereocenters. The van der Waals surface area contributed by atoms with Crippen LogP contribution in [0.1, 0.15) is 18.4 Å². The second kappa shape index (κ2) is 4.95. The lowest BCUT2D eigenvalue weighted by Gasteiger charge is -2.27. The predicted molar refractivity (Wildman–Crippen MR) is 64.6 cm³/mol. The van der Waals surface area contributed by atoms with E-state index in [0.717, 1.165) is 18.4 Å². The number of carbonyl (C=O) groups is 1. The third-order valence-corrected chi connectivity index (χ3v) is 2.96. The van der Waals surface area contributed by atoms with Gasteiger partial charge in [-0.05, 0) is 24.5 Å². The van der Waals surface area contributed by atoms with Gasteiger partial charge in [0, 0.05) is 6.42 Å². The third kappa shape index (κ3) is 2.43. The van der Waals surface area contributed by atoms with Crippen LogP contribution in [-0.4, -0.2) is 19.2 Å². The highest BCUT2D eigenvalue weighted by Crippen LogP contribution is 2.37. The second-order valence-electron chi connectivity index (χ2n) is 4.09. The highest BCUT2D eigenvalue weighted by molar-refractivity contribution is 5.73. The number of aryl methyl sites for hydroxylation is 1. The van der Waals surface area contributed by atoms with Crippen LogP contribution in [-0.2, 0) is 16.0 Å². The van der Waals surface area contributed by atoms with Crippen LogP contribution in [0.25, 0.3) is 0 Å². The monoisotopic (exact) mass is 236 g/mol. The van der Waals surface area contributed by atoms with Crippen LogP contribution in [0.2, 0.25) is 0 Å². The van der Waals surface area contributed by atoms with Gasteiger partial charge in [-0.1, -0.05) is 6.07 Å². The first-order chi connectivity index (χ1) is 8.22. The molecular formula is C12H16N2O3. The molecule has 0 radical (unpaired) electrons. The van der Waals surface area contributed by atoms with Crippen molar-refractivity contribution in [3.8, 4) is 5.75 Å². The quantitative estimate of drug-likeness (QED) is 0.464. The summed E-state index contributed by atoms with van der Waals surface area (Å²) in [5.74, 6) is 0.687. The zero-order valence-electron chi connectivity index (χ0n) is 9.52. The van der Waals surface area contributed by atoms with Crippen molar-refractivity contribution in [2.24, 2.45) is 0 Å². The molecule has 1 aliphatic rings. The van der Waals surface area contributed by atoms with Crippen LogP contribution in [0.4, 0.5) is 11.4 Å². The Bertz CT molecular complexity index is 420. The second-order valence-corrected chi connectivity index (χ2v) is 4.09. The van der Waals surface area contributed by atoms with Gasteiger partial charge in [-0.2, -0.15) is 0 Å². The number of benzene rings is 1. The van der Waals surface area contributed by atoms with E-state index >= 15 is 0 Å². The van der Waals surface area contributed by atoms with Crippen molar-refractivity contribution in [3.05, 3.63) is 17.7 Å². The molecule has 0 amide bonds. The van der Waals surface area contributed by atoms with Gasteiger partial charge in [-0.25, -0.2) is 0 Å². The fourth-order valence-corrected chi connectivity index (χ4v) is 1.99. The van der Waals surface area contributed by atoms with Crippen LogP contribution in [0.5, 0.6) is 5.75 Å². The van der Waals surface area contributed by atoms with Crippen molar-refractivity contribution in [2.45, 2.75) is 25.4 Å². The molecule has 0 spiro atoms. The molecule has 0 saturated heterocycles. The molecule has 4 N–H and O–H groups in total. The van der Waals surface area contributed by atoms with Gasteiger partial charge in [0.2, 0.25) is 0 Å². The molecule has 1 aromatic carbocycles. The summed E-state index contributed by atoms with van der Waals surface area (Å²) in [6.07, 6.45) is 2.52. The minimum Gasteiger partial charge on any atom is -0.488 e. The molecule has 1 aromatic rings. The lowest BCUT2D eigenvalue weighted by Crippen LogP contribution is -2.25. The van der Waals surface area contributed by atoms with Crippen molar-refractivity contribution in [2.75, 3.05) is 18.1 Å². The Morgan fingerprint density at radius 2 is 2.29 bits per heavy atom. The van der Waals surface area contributed by atoms with E-state index in [1.807, 2.05) is 6.07 Å². The first-order valence-corrected chi connectivity index (χ1v) is 5.61. The molecule has 92 valence electrons. The van der Waals surface area contributed by atoms with Crippen molar-refractivity contribution in [3.63, 3.8) is 0 Å². The molecule has 0 bridgehead atoms. The van der Waals surface area contributed by atoms with E-state index in [-0.39, 0.29) is 6.10 Å². The molecule has 2 rings (SSSR count). The smallest absolute Gasteiger partial charge is 0.293 e. The number of hydrogen-bond acceptors (Lipinski definition) is 5. The number of nitrogen functional groups attached to an aromatic ring is 2. The Labute approximate surface area is 99.7 Å². The van der Waals surface area contributed by atoms with Crippen molar-refractivity contribution >= 4 is 17.8 Å². The van der Waals surface area contributed by atoms with Crippen LogP contribution in [0, 0.1) is 0 Å². The predicted octanol–water partition coefficient (Wildman–Crippen LogP) is 1.11. The molecule has 17 heavy (non-hydrogen) atoms. The molecule has 0 fully saturated rings. The van der Waals surface area contributed by atoms with Gasteiger partial charge in [0.15, 0.2) is 0 Å². The molecule has 0 aliphatic carbocycles. The SMILES string of the molecule is Nc1ccc2c(c1N)OC(CCOC=O)CC2. The number of hydrogen-bond donors (Lipinski definition) is 2. The summed E-state index contributed by atoms with van der Waals surface area (Å²) in [6.45, 7) is 0.814. The molecule has 5 nitrogen and oxygen atoms in total. The van der Waals surface area contributed by atoms with E-state index < -0.39 is 0 Å². The van der Waals surface area contributed by atoms with Crippen LogP contribution in [0.3, 0.4) is 0 Å². The van der Waals surface area contributed by atoms with Gasteiger partial charge in [-0.3, -0.25) is 4.79 Å². The molecular weight excluding hydrogens is 220 g/mol. The maximum absolute atomic E-state index is 10.0. The van der Waals surface area contributed by atoms with Crippen LogP contribution < -0.4 is 16.2 Å². The van der Waals surface area contributed by atoms with Gasteiger partial charge in [0.1, 0.15) is 11.9 Å². The molecule has 5 heteroatoms. The molecule has 0 aromatic heterocycles. The summed E-state index contributed by atoms with van der Waals surface area (Å²) < 4.78 is 10.5. The molecule has 0 saturated carbocycles. The van der Waals surface area contributed by atoms with E-state index in [1.54, 1.807) is 6.07 Å². The number of nitrogens with two attached hydrogens (primary N) is 2. The highest BCUT2D eigenvalue weighted by atomic mass is 16.5. The van der Waals surface area contributed by atoms with Gasteiger partial charge in [-0.15, -0.1) is 0 Å². The van der Waals surface area contributed by atoms with Gasteiger partial charge < -0.3 is 20.9 Å². The fourth-order valence-electron chi connectivity index (χ4n) is 1.99. The summed E-state index contributed by atoms with van der Waals surface area (Å²) in [5.41, 5.74) is 13.7. The van der Waals surface area contributed by atoms with E-state index in [2.05, 4.69) is 4.74 Å². The maximum atomic E-state index is 10.0. The van der Waals surface area contributed by atoms with Crippen LogP contribution >= 0.6 is 0 Å². The first-order valence-electron chi connectivity index (χ1n) is 5.61. The van der Waals surface area contributed by atoms with Gasteiger partial charge >= 0.3 is 0 Å². The number of rotatable bonds is 4. The van der Waals surface area contributed by atoms with Crippen molar-refractivity contribution in [1.29, 1.82) is 0 Å². The minimum atomic E-state index is 0.0338. The fraction of sp³-hybridized carbons (Fsp3) is 0.417. The normalized spacial score (nSPS) is 18.0. The molecule has 1 aliphatic heterocycles. The van der Waals surface area contributed by atoms with E-state index in [4.69, 9.17) is 16.2 Å². The lowest BCUT2D eigenvalue weighted by molar-refractivity contribution is -0.129. The Hall–Kier alpha value is -1.91. The summed E-state index contributed by atoms with van der Waals surface area (Å²) in [7, 11) is 0. The largest absolute Gasteiger partial charge is 0.488 e. The first kappa shape index (κ1) is 11.6. The molecule has 1 unspecified atom stereocenters. The van der Waals surface area contributed by atoms with Crippen molar-refractivity contribution in [1.82, 2.24) is 0 Å². The Balaban J connectivity index is 2.07. The molecule has 1 heterocycles. The average Bonchev–Trinajstić information content (AvgIpc) is 2.35. The zero-order chi connectivity index (χ0) is 12.3. The summed E-state index contributed by atoms with van der Waals surface area (Å²) in [5, 5.41) is 0. The standard InChI is InChI=1S/C12H16N2O3/c13-10-4-2-8-1-3-9(5-6-16-7-15)17-12(8)11(10)14/h2,4,7,9H,1,3,5-6,13-14H2. The minimum absolute atomic E-state index is 0.0338. The third-order valence-electron chi connectivity index (χ3n) is 2.96. The number of ether oxygens (including phenoxy) is 2. The average molecular weight is 236 g/mol. The summed E-state index contributed by atoms with van der Waals surface area (Å²) >= 11 is 0. The zero-order valence-corrected chi connectivity index (χ0v) is 9.52. The van der Waals surface area contributed by atoms with Crippen molar-refractivity contribution < 1.29 is 14.3 Å².